The molecule has 1 aromatic carbocycles. The van der Waals surface area contributed by atoms with Crippen LogP contribution in [0, 0.1) is 0 Å². The van der Waals surface area contributed by atoms with Crippen LogP contribution in [0.1, 0.15) is 23.7 Å². The molecule has 2 atom stereocenters. The zero-order valence-corrected chi connectivity index (χ0v) is 21.8. The second-order valence-corrected chi connectivity index (χ2v) is 9.58. The number of hydrogen-bond acceptors (Lipinski definition) is 7. The molecule has 12 heteroatoms. The lowest BCUT2D eigenvalue weighted by Gasteiger charge is -2.24. The standard InChI is InChI=1S/C26H22BrFN6O4/c1-15(35)19-13-33(20-7-6-17(11-18(19)20)38-26-29-8-3-9-30-26)14-24(36)34-12-16(28)10-21(34)25(37)32-23-5-2-4-22(27)31-23/h2-9,11,13,16,21H,10,12,14H2,1H3,(H,31,32,37)/t16-,21+/m1/s1. The van der Waals surface area contributed by atoms with Crippen LogP contribution >= 0.6 is 15.9 Å². The number of aromatic nitrogens is 4. The molecule has 194 valence electrons. The summed E-state index contributed by atoms with van der Waals surface area (Å²) in [6.07, 6.45) is 3.23. The molecule has 1 aliphatic rings. The number of nitrogens with zero attached hydrogens (tertiary/aromatic N) is 5. The lowest BCUT2D eigenvalue weighted by atomic mass is 10.1. The van der Waals surface area contributed by atoms with Crippen LogP contribution in [0.4, 0.5) is 10.2 Å². The Bertz CT molecular complexity index is 1530. The Morgan fingerprint density at radius 1 is 1.16 bits per heavy atom. The fourth-order valence-corrected chi connectivity index (χ4v) is 4.77. The molecule has 3 aromatic heterocycles. The summed E-state index contributed by atoms with van der Waals surface area (Å²) in [5.74, 6) is -0.445. The topological polar surface area (TPSA) is 119 Å². The number of amides is 2. The Balaban J connectivity index is 1.38. The number of Topliss-reactive ketones (excluding diaryl/α,β-unsaturated/α-hetero) is 1. The molecule has 1 saturated heterocycles. The van der Waals surface area contributed by atoms with Gasteiger partial charge in [0.15, 0.2) is 5.78 Å². The maximum absolute atomic E-state index is 14.4. The van der Waals surface area contributed by atoms with Gasteiger partial charge in [0.25, 0.3) is 0 Å². The lowest BCUT2D eigenvalue weighted by Crippen LogP contribution is -2.44. The number of carbonyl (C=O) groups excluding carboxylic acids is 3. The minimum atomic E-state index is -1.33. The number of carbonyl (C=O) groups is 3. The van der Waals surface area contributed by atoms with Crippen molar-refractivity contribution < 1.29 is 23.5 Å². The van der Waals surface area contributed by atoms with E-state index in [1.54, 1.807) is 65.6 Å². The van der Waals surface area contributed by atoms with E-state index in [0.717, 1.165) is 0 Å². The summed E-state index contributed by atoms with van der Waals surface area (Å²) in [4.78, 5) is 52.1. The molecular formula is C26H22BrFN6O4. The van der Waals surface area contributed by atoms with Crippen molar-refractivity contribution in [1.82, 2.24) is 24.4 Å². The molecular weight excluding hydrogens is 559 g/mol. The summed E-state index contributed by atoms with van der Waals surface area (Å²) in [6, 6.07) is 10.9. The van der Waals surface area contributed by atoms with Gasteiger partial charge in [-0.2, -0.15) is 0 Å². The quantitative estimate of drug-likeness (QED) is 0.257. The number of halogens is 2. The molecule has 38 heavy (non-hydrogen) atoms. The van der Waals surface area contributed by atoms with Gasteiger partial charge in [-0.15, -0.1) is 0 Å². The SMILES string of the molecule is CC(=O)c1cn(CC(=O)N2C[C@H](F)C[C@H]2C(=O)Nc2cccc(Br)n2)c2ccc(Oc3ncccn3)cc12. The maximum atomic E-state index is 14.4. The highest BCUT2D eigenvalue weighted by atomic mass is 79.9. The first-order valence-corrected chi connectivity index (χ1v) is 12.5. The van der Waals surface area contributed by atoms with Crippen LogP contribution in [0.3, 0.4) is 0 Å². The molecule has 1 N–H and O–H groups in total. The van der Waals surface area contributed by atoms with Crippen LogP contribution < -0.4 is 10.1 Å². The fourth-order valence-electron chi connectivity index (χ4n) is 4.43. The number of alkyl halides is 1. The molecule has 0 aliphatic carbocycles. The normalized spacial score (nSPS) is 17.0. The lowest BCUT2D eigenvalue weighted by molar-refractivity contribution is -0.137. The number of nitrogens with one attached hydrogen (secondary N) is 1. The number of benzene rings is 1. The van der Waals surface area contributed by atoms with Crippen molar-refractivity contribution in [2.45, 2.75) is 32.1 Å². The van der Waals surface area contributed by atoms with Crippen LogP contribution in [-0.4, -0.2) is 60.8 Å². The Hall–Kier alpha value is -4.19. The average Bonchev–Trinajstić information content (AvgIpc) is 3.45. The zero-order valence-electron chi connectivity index (χ0n) is 20.2. The first-order chi connectivity index (χ1) is 18.3. The van der Waals surface area contributed by atoms with Gasteiger partial charge in [0, 0.05) is 41.5 Å². The molecule has 1 fully saturated rings. The highest BCUT2D eigenvalue weighted by Gasteiger charge is 2.40. The van der Waals surface area contributed by atoms with Crippen LogP contribution in [0.2, 0.25) is 0 Å². The molecule has 4 aromatic rings. The molecule has 0 unspecified atom stereocenters. The number of anilines is 1. The van der Waals surface area contributed by atoms with Crippen molar-refractivity contribution in [1.29, 1.82) is 0 Å². The molecule has 10 nitrogen and oxygen atoms in total. The smallest absolute Gasteiger partial charge is 0.321 e. The van der Waals surface area contributed by atoms with E-state index in [4.69, 9.17) is 4.74 Å². The summed E-state index contributed by atoms with van der Waals surface area (Å²) in [5.41, 5.74) is 1.01. The van der Waals surface area contributed by atoms with Crippen molar-refractivity contribution in [3.63, 3.8) is 0 Å². The number of rotatable bonds is 7. The third-order valence-electron chi connectivity index (χ3n) is 6.13. The van der Waals surface area contributed by atoms with Gasteiger partial charge in [0.1, 0.15) is 34.9 Å². The number of fused-ring (bicyclic) bond motifs is 1. The van der Waals surface area contributed by atoms with E-state index < -0.39 is 24.0 Å². The van der Waals surface area contributed by atoms with Gasteiger partial charge in [0.05, 0.1) is 6.54 Å². The molecule has 4 heterocycles. The van der Waals surface area contributed by atoms with Crippen molar-refractivity contribution in [3.05, 3.63) is 71.2 Å². The molecule has 1 aliphatic heterocycles. The van der Waals surface area contributed by atoms with Gasteiger partial charge in [0.2, 0.25) is 11.8 Å². The van der Waals surface area contributed by atoms with Crippen molar-refractivity contribution in [2.24, 2.45) is 0 Å². The molecule has 2 amide bonds. The predicted octanol–water partition coefficient (Wildman–Crippen LogP) is 4.16. The summed E-state index contributed by atoms with van der Waals surface area (Å²) in [6.45, 7) is 1.05. The maximum Gasteiger partial charge on any atom is 0.321 e. The number of pyridine rings is 1. The third-order valence-corrected chi connectivity index (χ3v) is 6.57. The van der Waals surface area contributed by atoms with Gasteiger partial charge in [-0.1, -0.05) is 6.07 Å². The Morgan fingerprint density at radius 2 is 1.95 bits per heavy atom. The van der Waals surface area contributed by atoms with Gasteiger partial charge < -0.3 is 19.5 Å². The van der Waals surface area contributed by atoms with E-state index in [2.05, 4.69) is 36.2 Å². The van der Waals surface area contributed by atoms with Crippen LogP contribution in [0.25, 0.3) is 10.9 Å². The number of likely N-dealkylation sites (tertiary alicyclic amines) is 1. The molecule has 5 rings (SSSR count). The van der Waals surface area contributed by atoms with E-state index in [1.165, 1.54) is 11.8 Å². The Kier molecular flexibility index (Phi) is 7.14. The second-order valence-electron chi connectivity index (χ2n) is 8.77. The van der Waals surface area contributed by atoms with Crippen LogP contribution in [0.15, 0.2) is 65.7 Å². The van der Waals surface area contributed by atoms with Gasteiger partial charge in [-0.25, -0.2) is 19.3 Å². The average molecular weight is 581 g/mol. The van der Waals surface area contributed by atoms with Gasteiger partial charge in [-0.3, -0.25) is 14.4 Å². The van der Waals surface area contributed by atoms with Crippen molar-refractivity contribution in [2.75, 3.05) is 11.9 Å². The van der Waals surface area contributed by atoms with Gasteiger partial charge >= 0.3 is 6.01 Å². The molecule has 0 saturated carbocycles. The monoisotopic (exact) mass is 580 g/mol. The van der Waals surface area contributed by atoms with E-state index in [-0.39, 0.29) is 31.3 Å². The zero-order chi connectivity index (χ0) is 26.8. The largest absolute Gasteiger partial charge is 0.424 e. The van der Waals surface area contributed by atoms with Crippen molar-refractivity contribution in [3.8, 4) is 11.8 Å². The highest BCUT2D eigenvalue weighted by molar-refractivity contribution is 9.10. The minimum absolute atomic E-state index is 0.112. The van der Waals surface area contributed by atoms with E-state index >= 15 is 0 Å². The van der Waals surface area contributed by atoms with Gasteiger partial charge in [-0.05, 0) is 59.3 Å². The van der Waals surface area contributed by atoms with Crippen molar-refractivity contribution >= 4 is 50.2 Å². The van der Waals surface area contributed by atoms with E-state index in [0.29, 0.717) is 32.6 Å². The van der Waals surface area contributed by atoms with E-state index in [1.807, 2.05) is 0 Å². The molecule has 0 spiro atoms. The number of ether oxygens (including phenoxy) is 1. The summed E-state index contributed by atoms with van der Waals surface area (Å²) < 4.78 is 22.2. The summed E-state index contributed by atoms with van der Waals surface area (Å²) in [5, 5.41) is 3.23. The minimum Gasteiger partial charge on any atom is -0.424 e. The molecule has 0 bridgehead atoms. The Morgan fingerprint density at radius 3 is 2.68 bits per heavy atom. The fraction of sp³-hybridized carbons (Fsp3) is 0.231. The van der Waals surface area contributed by atoms with Crippen LogP contribution in [0.5, 0.6) is 11.8 Å². The summed E-state index contributed by atoms with van der Waals surface area (Å²) >= 11 is 3.24. The predicted molar refractivity (Wildman–Crippen MR) is 140 cm³/mol. The first-order valence-electron chi connectivity index (χ1n) is 11.7. The number of hydrogen-bond donors (Lipinski definition) is 1. The second kappa shape index (κ2) is 10.7. The van der Waals surface area contributed by atoms with E-state index in [9.17, 15) is 18.8 Å². The molecule has 0 radical (unpaired) electrons. The Labute approximate surface area is 225 Å². The highest BCUT2D eigenvalue weighted by Crippen LogP contribution is 2.29. The summed E-state index contributed by atoms with van der Waals surface area (Å²) in [7, 11) is 0. The third kappa shape index (κ3) is 5.40. The van der Waals surface area contributed by atoms with Crippen LogP contribution in [-0.2, 0) is 16.1 Å². The first kappa shape index (κ1) is 25.5. The number of ketones is 1.